The molecule has 0 aliphatic carbocycles. The summed E-state index contributed by atoms with van der Waals surface area (Å²) in [5.74, 6) is 0. The van der Waals surface area contributed by atoms with E-state index in [0.29, 0.717) is 0 Å². The van der Waals surface area contributed by atoms with Crippen molar-refractivity contribution < 1.29 is 92.7 Å². The van der Waals surface area contributed by atoms with Gasteiger partial charge in [0.25, 0.3) is 0 Å². The molecule has 6 rings (SSSR count). The maximum absolute atomic E-state index is 2.27. The van der Waals surface area contributed by atoms with E-state index < -0.39 is 0 Å². The van der Waals surface area contributed by atoms with Crippen molar-refractivity contribution in [1.82, 2.24) is 0 Å². The predicted molar refractivity (Wildman–Crippen MR) is 161 cm³/mol. The zero-order valence-electron chi connectivity index (χ0n) is 25.4. The molecule has 0 unspecified atom stereocenters. The van der Waals surface area contributed by atoms with Crippen LogP contribution < -0.4 is 14.1 Å². The van der Waals surface area contributed by atoms with E-state index in [9.17, 15) is 0 Å². The van der Waals surface area contributed by atoms with E-state index in [1.165, 1.54) is 65.7 Å². The summed E-state index contributed by atoms with van der Waals surface area (Å²) in [6.07, 6.45) is 3.38. The SMILES string of the molecule is CCc1cccc2[cH-]c(C)cc12.CCc1cccc2[cH-]c(C)cc12.CCc1cccc2[cH-]c(C)cc12.[F-].[F-].[F-].[Zr+2].[Zr+2].[Zr+2]. The van der Waals surface area contributed by atoms with Crippen LogP contribution in [0.4, 0.5) is 0 Å². The van der Waals surface area contributed by atoms with Gasteiger partial charge in [-0.2, -0.15) is 18.2 Å². The van der Waals surface area contributed by atoms with Crippen LogP contribution in [-0.4, -0.2) is 0 Å². The zero-order chi connectivity index (χ0) is 25.7. The Labute approximate surface area is 307 Å². The summed E-state index contributed by atoms with van der Waals surface area (Å²) in [6, 6.07) is 33.1. The fourth-order valence-corrected chi connectivity index (χ4v) is 5.27. The normalized spacial score (nSPS) is 9.29. The molecule has 0 aliphatic heterocycles. The molecule has 0 aliphatic rings. The topological polar surface area (TPSA) is 0 Å². The Balaban J connectivity index is -0.000000507. The van der Waals surface area contributed by atoms with Crippen LogP contribution in [0, 0.1) is 20.8 Å². The second-order valence-corrected chi connectivity index (χ2v) is 9.92. The average molecular weight is 802 g/mol. The molecule has 6 heteroatoms. The molecule has 0 saturated heterocycles. The van der Waals surface area contributed by atoms with E-state index >= 15 is 0 Å². The van der Waals surface area contributed by atoms with Gasteiger partial charge in [0.2, 0.25) is 0 Å². The molecular weight excluding hydrogens is 763 g/mol. The van der Waals surface area contributed by atoms with Gasteiger partial charge in [-0.25, -0.2) is 0 Å². The van der Waals surface area contributed by atoms with Gasteiger partial charge in [0.15, 0.2) is 0 Å². The van der Waals surface area contributed by atoms with Gasteiger partial charge in [0, 0.05) is 0 Å². The molecule has 0 heterocycles. The van der Waals surface area contributed by atoms with Gasteiger partial charge in [-0.3, -0.25) is 0 Å². The largest absolute Gasteiger partial charge is 2.00 e. The summed E-state index contributed by atoms with van der Waals surface area (Å²) >= 11 is 0. The smallest absolute Gasteiger partial charge is 1.00 e. The molecule has 42 heavy (non-hydrogen) atoms. The van der Waals surface area contributed by atoms with Crippen molar-refractivity contribution >= 4 is 32.3 Å². The van der Waals surface area contributed by atoms with Gasteiger partial charge in [-0.1, -0.05) is 76.4 Å². The summed E-state index contributed by atoms with van der Waals surface area (Å²) in [5, 5.41) is 8.43. The van der Waals surface area contributed by atoms with E-state index in [1.807, 2.05) is 0 Å². The van der Waals surface area contributed by atoms with Crippen molar-refractivity contribution in [2.24, 2.45) is 0 Å². The molecule has 0 fully saturated rings. The summed E-state index contributed by atoms with van der Waals surface area (Å²) in [4.78, 5) is 0. The van der Waals surface area contributed by atoms with E-state index in [4.69, 9.17) is 0 Å². The second-order valence-electron chi connectivity index (χ2n) is 9.92. The molecule has 216 valence electrons. The van der Waals surface area contributed by atoms with Gasteiger partial charge < -0.3 is 14.1 Å². The van der Waals surface area contributed by atoms with Crippen LogP contribution in [-0.2, 0) is 97.9 Å². The summed E-state index contributed by atoms with van der Waals surface area (Å²) in [7, 11) is 0. The molecule has 0 radical (unpaired) electrons. The molecule has 0 bridgehead atoms. The molecule has 0 saturated carbocycles. The fourth-order valence-electron chi connectivity index (χ4n) is 5.27. The van der Waals surface area contributed by atoms with E-state index in [2.05, 4.69) is 133 Å². The summed E-state index contributed by atoms with van der Waals surface area (Å²) < 4.78 is 0. The third kappa shape index (κ3) is 11.1. The standard InChI is InChI=1S/3C12H13.3FH.3Zr/c3*1-3-10-5-4-6-11-7-9(2)8-12(10)11;;;;;;/h3*4-8H,3H2,1-2H3;3*1H;;;/q3*-1;;;;3*+2/p-3. The van der Waals surface area contributed by atoms with Gasteiger partial charge in [0.1, 0.15) is 0 Å². The van der Waals surface area contributed by atoms with Gasteiger partial charge in [-0.05, 0) is 19.3 Å². The molecule has 6 aromatic carbocycles. The van der Waals surface area contributed by atoms with Crippen LogP contribution >= 0.6 is 0 Å². The van der Waals surface area contributed by atoms with E-state index in [-0.39, 0.29) is 92.7 Å². The number of rotatable bonds is 3. The fraction of sp³-hybridized carbons (Fsp3) is 0.250. The zero-order valence-corrected chi connectivity index (χ0v) is 32.8. The van der Waals surface area contributed by atoms with Crippen LogP contribution in [0.2, 0.25) is 0 Å². The van der Waals surface area contributed by atoms with Gasteiger partial charge in [-0.15, -0.1) is 104 Å². The van der Waals surface area contributed by atoms with Crippen molar-refractivity contribution in [3.63, 3.8) is 0 Å². The third-order valence-electron chi connectivity index (χ3n) is 7.10. The predicted octanol–water partition coefficient (Wildman–Crippen LogP) is 1.29. The van der Waals surface area contributed by atoms with Crippen LogP contribution in [0.3, 0.4) is 0 Å². The maximum atomic E-state index is 2.27. The van der Waals surface area contributed by atoms with Crippen molar-refractivity contribution in [3.05, 3.63) is 124 Å². The number of benzene rings is 3. The minimum atomic E-state index is 0. The molecule has 0 nitrogen and oxygen atoms in total. The Morgan fingerprint density at radius 1 is 0.429 bits per heavy atom. The molecule has 0 atom stereocenters. The first-order valence-corrected chi connectivity index (χ1v) is 13.4. The third-order valence-corrected chi connectivity index (χ3v) is 7.10. The van der Waals surface area contributed by atoms with E-state index in [1.54, 1.807) is 0 Å². The van der Waals surface area contributed by atoms with E-state index in [0.717, 1.165) is 19.3 Å². The Morgan fingerprint density at radius 2 is 0.667 bits per heavy atom. The number of halogens is 3. The Hall–Kier alpha value is -1.07. The summed E-state index contributed by atoms with van der Waals surface area (Å²) in [6.45, 7) is 13.1. The van der Waals surface area contributed by atoms with Crippen molar-refractivity contribution in [1.29, 1.82) is 0 Å². The number of hydrogen-bond donors (Lipinski definition) is 0. The molecule has 0 aromatic heterocycles. The van der Waals surface area contributed by atoms with Crippen LogP contribution in [0.1, 0.15) is 54.2 Å². The van der Waals surface area contributed by atoms with Crippen LogP contribution in [0.15, 0.2) is 91.0 Å². The van der Waals surface area contributed by atoms with Gasteiger partial charge >= 0.3 is 78.6 Å². The molecule has 0 spiro atoms. The first-order chi connectivity index (χ1) is 17.4. The quantitative estimate of drug-likeness (QED) is 0.237. The Bertz CT molecular complexity index is 1400. The molecule has 0 amide bonds. The van der Waals surface area contributed by atoms with Crippen LogP contribution in [0.5, 0.6) is 0 Å². The second kappa shape index (κ2) is 21.6. The first kappa shape index (κ1) is 45.4. The maximum Gasteiger partial charge on any atom is 2.00 e. The minimum absolute atomic E-state index is 0. The number of fused-ring (bicyclic) bond motifs is 3. The molecule has 0 N–H and O–H groups in total. The van der Waals surface area contributed by atoms with Crippen molar-refractivity contribution in [2.45, 2.75) is 60.8 Å². The Kier molecular flexibility index (Phi) is 23.3. The van der Waals surface area contributed by atoms with Gasteiger partial charge in [0.05, 0.1) is 0 Å². The Morgan fingerprint density at radius 3 is 0.881 bits per heavy atom. The number of hydrogen-bond acceptors (Lipinski definition) is 0. The average Bonchev–Trinajstić information content (AvgIpc) is 3.57. The summed E-state index contributed by atoms with van der Waals surface area (Å²) in [5.41, 5.74) is 8.48. The molecular formula is C36H39F3Zr3. The van der Waals surface area contributed by atoms with Crippen LogP contribution in [0.25, 0.3) is 32.3 Å². The van der Waals surface area contributed by atoms with Crippen molar-refractivity contribution in [2.75, 3.05) is 0 Å². The first-order valence-electron chi connectivity index (χ1n) is 13.4. The van der Waals surface area contributed by atoms with Crippen molar-refractivity contribution in [3.8, 4) is 0 Å². The minimum Gasteiger partial charge on any atom is -1.00 e. The monoisotopic (exact) mass is 798 g/mol. The number of aryl methyl sites for hydroxylation is 6. The molecule has 6 aromatic rings.